The maximum Gasteiger partial charge on any atom is 0.196 e. The molecule has 29 heavy (non-hydrogen) atoms. The molecule has 4 heterocycles. The quantitative estimate of drug-likeness (QED) is 0.544. The van der Waals surface area contributed by atoms with E-state index in [2.05, 4.69) is 44.1 Å². The largest absolute Gasteiger partial charge is 0.378 e. The van der Waals surface area contributed by atoms with E-state index in [1.807, 2.05) is 12.3 Å². The van der Waals surface area contributed by atoms with Gasteiger partial charge in [-0.1, -0.05) is 12.1 Å². The van der Waals surface area contributed by atoms with E-state index in [-0.39, 0.29) is 5.78 Å². The molecule has 1 fully saturated rings. The van der Waals surface area contributed by atoms with Gasteiger partial charge in [-0.05, 0) is 35.9 Å². The predicted octanol–water partition coefficient (Wildman–Crippen LogP) is 3.69. The summed E-state index contributed by atoms with van der Waals surface area (Å²) in [6.45, 7) is 3.36. The predicted molar refractivity (Wildman–Crippen MR) is 112 cm³/mol. The average Bonchev–Trinajstić information content (AvgIpc) is 3.23. The second kappa shape index (κ2) is 7.48. The fraction of sp³-hybridized carbons (Fsp3) is 0.174. The van der Waals surface area contributed by atoms with Crippen molar-refractivity contribution in [1.82, 2.24) is 15.0 Å². The van der Waals surface area contributed by atoms with E-state index >= 15 is 0 Å². The fourth-order valence-corrected chi connectivity index (χ4v) is 3.69. The lowest BCUT2D eigenvalue weighted by Gasteiger charge is -2.28. The summed E-state index contributed by atoms with van der Waals surface area (Å²) >= 11 is 0. The van der Waals surface area contributed by atoms with Gasteiger partial charge in [-0.3, -0.25) is 9.78 Å². The Hall–Kier alpha value is -3.51. The number of nitrogens with one attached hydrogen (secondary N) is 1. The number of carbonyl (C=O) groups is 1. The number of H-pyrrole nitrogens is 1. The third-order valence-electron chi connectivity index (χ3n) is 5.28. The Labute approximate surface area is 168 Å². The maximum atomic E-state index is 12.9. The molecule has 6 heteroatoms. The smallest absolute Gasteiger partial charge is 0.196 e. The summed E-state index contributed by atoms with van der Waals surface area (Å²) in [5.74, 6) is -0.0639. The highest BCUT2D eigenvalue weighted by atomic mass is 16.5. The summed E-state index contributed by atoms with van der Waals surface area (Å²) in [5.41, 5.74) is 5.11. The normalized spacial score (nSPS) is 14.3. The summed E-state index contributed by atoms with van der Waals surface area (Å²) in [5, 5.41) is 0.814. The summed E-state index contributed by atoms with van der Waals surface area (Å²) < 4.78 is 5.43. The molecule has 0 atom stereocenters. The molecular weight excluding hydrogens is 364 g/mol. The zero-order valence-corrected chi connectivity index (χ0v) is 15.8. The number of pyridine rings is 2. The molecule has 0 aliphatic carbocycles. The first kappa shape index (κ1) is 17.6. The number of aromatic amines is 1. The number of benzene rings is 1. The van der Waals surface area contributed by atoms with Gasteiger partial charge in [0.2, 0.25) is 0 Å². The highest BCUT2D eigenvalue weighted by Gasteiger charge is 2.16. The molecule has 1 aromatic carbocycles. The number of fused-ring (bicyclic) bond motifs is 1. The van der Waals surface area contributed by atoms with Crippen LogP contribution in [0.5, 0.6) is 0 Å². The van der Waals surface area contributed by atoms with Gasteiger partial charge in [0.25, 0.3) is 0 Å². The van der Waals surface area contributed by atoms with Crippen molar-refractivity contribution < 1.29 is 9.53 Å². The van der Waals surface area contributed by atoms with Crippen molar-refractivity contribution in [2.75, 3.05) is 31.2 Å². The number of nitrogens with zero attached hydrogens (tertiary/aromatic N) is 3. The van der Waals surface area contributed by atoms with Crippen LogP contribution in [0.2, 0.25) is 0 Å². The van der Waals surface area contributed by atoms with Crippen LogP contribution in [0.1, 0.15) is 15.9 Å². The third kappa shape index (κ3) is 3.39. The summed E-state index contributed by atoms with van der Waals surface area (Å²) in [6, 6.07) is 14.0. The lowest BCUT2D eigenvalue weighted by atomic mass is 10.0. The molecule has 144 valence electrons. The Morgan fingerprint density at radius 3 is 2.62 bits per heavy atom. The molecule has 0 bridgehead atoms. The number of aromatic nitrogens is 3. The molecule has 1 saturated heterocycles. The van der Waals surface area contributed by atoms with Crippen LogP contribution in [0.15, 0.2) is 67.3 Å². The van der Waals surface area contributed by atoms with E-state index in [0.717, 1.165) is 42.8 Å². The molecular formula is C23H20N4O2. The molecule has 0 saturated carbocycles. The molecule has 4 aromatic rings. The van der Waals surface area contributed by atoms with Crippen LogP contribution < -0.4 is 4.90 Å². The zero-order valence-electron chi connectivity index (χ0n) is 15.8. The second-order valence-electron chi connectivity index (χ2n) is 7.04. The van der Waals surface area contributed by atoms with Gasteiger partial charge in [-0.15, -0.1) is 0 Å². The van der Waals surface area contributed by atoms with Crippen LogP contribution in [0.3, 0.4) is 0 Å². The molecule has 1 N–H and O–H groups in total. The summed E-state index contributed by atoms with van der Waals surface area (Å²) in [6.07, 6.45) is 6.80. The molecule has 0 amide bonds. The van der Waals surface area contributed by atoms with Crippen molar-refractivity contribution in [1.29, 1.82) is 0 Å². The standard InChI is InChI=1S/C23H20N4O2/c28-22(17-2-1-7-24-13-17)21-15-26-23-20(21)12-18(14-25-23)16-3-5-19(6-4-16)27-8-10-29-11-9-27/h1-7,12-15H,8-11H2,(H,25,26). The van der Waals surface area contributed by atoms with Crippen molar-refractivity contribution in [2.45, 2.75) is 0 Å². The van der Waals surface area contributed by atoms with E-state index in [0.29, 0.717) is 16.8 Å². The second-order valence-corrected chi connectivity index (χ2v) is 7.04. The van der Waals surface area contributed by atoms with Gasteiger partial charge in [-0.2, -0.15) is 0 Å². The van der Waals surface area contributed by atoms with Gasteiger partial charge in [-0.25, -0.2) is 4.98 Å². The van der Waals surface area contributed by atoms with E-state index in [9.17, 15) is 4.79 Å². The summed E-state index contributed by atoms with van der Waals surface area (Å²) in [4.78, 5) is 26.9. The topological polar surface area (TPSA) is 71.1 Å². The number of carbonyl (C=O) groups excluding carboxylic acids is 1. The minimum absolute atomic E-state index is 0.0639. The highest BCUT2D eigenvalue weighted by molar-refractivity contribution is 6.16. The number of rotatable bonds is 4. The first-order valence-corrected chi connectivity index (χ1v) is 9.64. The van der Waals surface area contributed by atoms with Crippen LogP contribution in [-0.2, 0) is 4.74 Å². The number of anilines is 1. The van der Waals surface area contributed by atoms with Gasteiger partial charge >= 0.3 is 0 Å². The Balaban J connectivity index is 1.47. The first-order chi connectivity index (χ1) is 14.3. The zero-order chi connectivity index (χ0) is 19.6. The SMILES string of the molecule is O=C(c1cccnc1)c1c[nH]c2ncc(-c3ccc(N4CCOCC4)cc3)cc12. The number of hydrogen-bond donors (Lipinski definition) is 1. The highest BCUT2D eigenvalue weighted by Crippen LogP contribution is 2.28. The minimum Gasteiger partial charge on any atom is -0.378 e. The Morgan fingerprint density at radius 1 is 1.03 bits per heavy atom. The maximum absolute atomic E-state index is 12.9. The van der Waals surface area contributed by atoms with Crippen molar-refractivity contribution >= 4 is 22.5 Å². The van der Waals surface area contributed by atoms with Crippen molar-refractivity contribution in [3.05, 3.63) is 78.4 Å². The van der Waals surface area contributed by atoms with E-state index in [4.69, 9.17) is 4.74 Å². The van der Waals surface area contributed by atoms with E-state index in [1.54, 1.807) is 30.7 Å². The van der Waals surface area contributed by atoms with Crippen LogP contribution in [0.4, 0.5) is 5.69 Å². The monoisotopic (exact) mass is 384 g/mol. The van der Waals surface area contributed by atoms with Gasteiger partial charge in [0, 0.05) is 65.6 Å². The molecule has 0 spiro atoms. The van der Waals surface area contributed by atoms with Crippen LogP contribution in [-0.4, -0.2) is 47.0 Å². The lowest BCUT2D eigenvalue weighted by Crippen LogP contribution is -2.36. The van der Waals surface area contributed by atoms with Crippen LogP contribution in [0.25, 0.3) is 22.2 Å². The molecule has 5 rings (SSSR count). The van der Waals surface area contributed by atoms with Crippen molar-refractivity contribution in [3.8, 4) is 11.1 Å². The Kier molecular flexibility index (Phi) is 4.54. The van der Waals surface area contributed by atoms with Gasteiger partial charge in [0.1, 0.15) is 5.65 Å². The minimum atomic E-state index is -0.0639. The van der Waals surface area contributed by atoms with Crippen LogP contribution >= 0.6 is 0 Å². The Morgan fingerprint density at radius 2 is 1.86 bits per heavy atom. The summed E-state index contributed by atoms with van der Waals surface area (Å²) in [7, 11) is 0. The number of ether oxygens (including phenoxy) is 1. The van der Waals surface area contributed by atoms with Crippen molar-refractivity contribution in [3.63, 3.8) is 0 Å². The van der Waals surface area contributed by atoms with E-state index < -0.39 is 0 Å². The molecule has 0 radical (unpaired) electrons. The van der Waals surface area contributed by atoms with Crippen LogP contribution in [0, 0.1) is 0 Å². The average molecular weight is 384 g/mol. The lowest BCUT2D eigenvalue weighted by molar-refractivity contribution is 0.104. The fourth-order valence-electron chi connectivity index (χ4n) is 3.69. The molecule has 1 aliphatic rings. The molecule has 1 aliphatic heterocycles. The van der Waals surface area contributed by atoms with E-state index in [1.165, 1.54) is 5.69 Å². The number of ketones is 1. The molecule has 3 aromatic heterocycles. The Bertz CT molecular complexity index is 1150. The third-order valence-corrected chi connectivity index (χ3v) is 5.28. The molecule has 0 unspecified atom stereocenters. The first-order valence-electron chi connectivity index (χ1n) is 9.64. The van der Waals surface area contributed by atoms with Crippen molar-refractivity contribution in [2.24, 2.45) is 0 Å². The molecule has 6 nitrogen and oxygen atoms in total. The van der Waals surface area contributed by atoms with Gasteiger partial charge in [0.15, 0.2) is 5.78 Å². The van der Waals surface area contributed by atoms with Gasteiger partial charge < -0.3 is 14.6 Å². The van der Waals surface area contributed by atoms with Gasteiger partial charge in [0.05, 0.1) is 13.2 Å². The number of hydrogen-bond acceptors (Lipinski definition) is 5. The number of morpholine rings is 1.